The van der Waals surface area contributed by atoms with Crippen LogP contribution in [0.3, 0.4) is 0 Å². The Labute approximate surface area is 124 Å². The molecule has 0 aliphatic rings. The van der Waals surface area contributed by atoms with Crippen LogP contribution in [-0.4, -0.2) is 30.2 Å². The lowest BCUT2D eigenvalue weighted by Gasteiger charge is -2.11. The van der Waals surface area contributed by atoms with Gasteiger partial charge in [0.1, 0.15) is 0 Å². The van der Waals surface area contributed by atoms with E-state index in [-0.39, 0.29) is 11.6 Å². The Hall–Kier alpha value is -1.67. The molecule has 0 amide bonds. The number of nitrogens with one attached hydrogen (secondary N) is 1. The first-order chi connectivity index (χ1) is 10.0. The average molecular weight is 317 g/mol. The van der Waals surface area contributed by atoms with Crippen molar-refractivity contribution in [3.8, 4) is 10.6 Å². The van der Waals surface area contributed by atoms with Crippen molar-refractivity contribution < 1.29 is 17.9 Å². The largest absolute Gasteiger partial charge is 0.433 e. The minimum atomic E-state index is -4.50. The fraction of sp³-hybridized carbons (Fsp3) is 0.385. The summed E-state index contributed by atoms with van der Waals surface area (Å²) in [6, 6.07) is 4.45. The second kappa shape index (κ2) is 6.86. The summed E-state index contributed by atoms with van der Waals surface area (Å²) in [6.45, 7) is 0.961. The first-order valence-electron chi connectivity index (χ1n) is 6.23. The van der Waals surface area contributed by atoms with Gasteiger partial charge in [-0.05, 0) is 23.9 Å². The molecule has 0 fully saturated rings. The van der Waals surface area contributed by atoms with Crippen LogP contribution in [-0.2, 0) is 10.9 Å². The molecule has 0 saturated carbocycles. The van der Waals surface area contributed by atoms with Crippen molar-refractivity contribution in [1.29, 1.82) is 0 Å². The highest BCUT2D eigenvalue weighted by molar-refractivity contribution is 7.13. The van der Waals surface area contributed by atoms with Gasteiger partial charge < -0.3 is 10.1 Å². The topological polar surface area (TPSA) is 47.0 Å². The van der Waals surface area contributed by atoms with Gasteiger partial charge >= 0.3 is 6.18 Å². The van der Waals surface area contributed by atoms with Crippen molar-refractivity contribution in [3.05, 3.63) is 29.3 Å². The predicted molar refractivity (Wildman–Crippen MR) is 75.3 cm³/mol. The maximum absolute atomic E-state index is 12.9. The molecule has 114 valence electrons. The van der Waals surface area contributed by atoms with Crippen molar-refractivity contribution in [2.45, 2.75) is 12.6 Å². The summed E-state index contributed by atoms with van der Waals surface area (Å²) < 4.78 is 43.6. The van der Waals surface area contributed by atoms with E-state index in [0.29, 0.717) is 24.4 Å². The number of halogens is 3. The van der Waals surface area contributed by atoms with E-state index in [1.165, 1.54) is 11.3 Å². The number of methoxy groups -OCH3 is 1. The van der Waals surface area contributed by atoms with Gasteiger partial charge in [0.2, 0.25) is 5.95 Å². The molecule has 0 atom stereocenters. The standard InChI is InChI=1S/C13H14F3N3OS/c1-20-6-3-5-17-12-18-9(10-4-2-7-21-10)8-11(19-12)13(14,15)16/h2,4,7-8H,3,5-6H2,1H3,(H,17,18,19). The quantitative estimate of drug-likeness (QED) is 0.826. The monoisotopic (exact) mass is 317 g/mol. The van der Waals surface area contributed by atoms with Crippen molar-refractivity contribution >= 4 is 17.3 Å². The molecule has 21 heavy (non-hydrogen) atoms. The van der Waals surface area contributed by atoms with E-state index in [9.17, 15) is 13.2 Å². The van der Waals surface area contributed by atoms with Crippen LogP contribution in [0.1, 0.15) is 12.1 Å². The summed E-state index contributed by atoms with van der Waals surface area (Å²) >= 11 is 1.33. The van der Waals surface area contributed by atoms with Gasteiger partial charge in [-0.1, -0.05) is 6.07 Å². The molecule has 0 unspecified atom stereocenters. The first kappa shape index (κ1) is 15.7. The second-order valence-corrected chi connectivity index (χ2v) is 5.16. The van der Waals surface area contributed by atoms with Crippen molar-refractivity contribution in [2.75, 3.05) is 25.6 Å². The van der Waals surface area contributed by atoms with Crippen LogP contribution < -0.4 is 5.32 Å². The molecule has 1 N–H and O–H groups in total. The van der Waals surface area contributed by atoms with E-state index in [4.69, 9.17) is 4.74 Å². The maximum atomic E-state index is 12.9. The molecule has 2 aromatic heterocycles. The van der Waals surface area contributed by atoms with E-state index in [2.05, 4.69) is 15.3 Å². The zero-order chi connectivity index (χ0) is 15.3. The highest BCUT2D eigenvalue weighted by Gasteiger charge is 2.33. The molecule has 4 nitrogen and oxygen atoms in total. The summed E-state index contributed by atoms with van der Waals surface area (Å²) in [5, 5.41) is 4.58. The van der Waals surface area contributed by atoms with Crippen LogP contribution in [0.5, 0.6) is 0 Å². The molecule has 0 bridgehead atoms. The zero-order valence-corrected chi connectivity index (χ0v) is 12.1. The van der Waals surface area contributed by atoms with Crippen LogP contribution in [0, 0.1) is 0 Å². The Morgan fingerprint density at radius 2 is 2.14 bits per heavy atom. The molecule has 0 saturated heterocycles. The second-order valence-electron chi connectivity index (χ2n) is 4.21. The summed E-state index contributed by atoms with van der Waals surface area (Å²) in [7, 11) is 1.57. The van der Waals surface area contributed by atoms with Crippen molar-refractivity contribution in [1.82, 2.24) is 9.97 Å². The van der Waals surface area contributed by atoms with Crippen molar-refractivity contribution in [3.63, 3.8) is 0 Å². The van der Waals surface area contributed by atoms with Gasteiger partial charge in [0.15, 0.2) is 5.69 Å². The minimum Gasteiger partial charge on any atom is -0.385 e. The smallest absolute Gasteiger partial charge is 0.385 e. The number of hydrogen-bond acceptors (Lipinski definition) is 5. The summed E-state index contributed by atoms with van der Waals surface area (Å²) in [6.07, 6.45) is -3.84. The van der Waals surface area contributed by atoms with E-state index in [1.807, 2.05) is 0 Å². The average Bonchev–Trinajstić information content (AvgIpc) is 2.96. The van der Waals surface area contributed by atoms with Gasteiger partial charge in [-0.3, -0.25) is 0 Å². The first-order valence-corrected chi connectivity index (χ1v) is 7.11. The summed E-state index contributed by atoms with van der Waals surface area (Å²) in [5.41, 5.74) is -0.684. The number of aromatic nitrogens is 2. The zero-order valence-electron chi connectivity index (χ0n) is 11.3. The SMILES string of the molecule is COCCCNc1nc(-c2cccs2)cc(C(F)(F)F)n1. The molecule has 0 spiro atoms. The molecule has 0 aromatic carbocycles. The lowest BCUT2D eigenvalue weighted by molar-refractivity contribution is -0.141. The Kier molecular flexibility index (Phi) is 5.13. The van der Waals surface area contributed by atoms with E-state index >= 15 is 0 Å². The van der Waals surface area contributed by atoms with Crippen molar-refractivity contribution in [2.24, 2.45) is 0 Å². The third-order valence-electron chi connectivity index (χ3n) is 2.60. The Balaban J connectivity index is 2.25. The molecule has 8 heteroatoms. The number of alkyl halides is 3. The normalized spacial score (nSPS) is 11.6. The predicted octanol–water partition coefficient (Wildman–Crippen LogP) is 3.67. The minimum absolute atomic E-state index is 0.0238. The molecule has 2 heterocycles. The van der Waals surface area contributed by atoms with Gasteiger partial charge in [-0.15, -0.1) is 11.3 Å². The molecule has 0 radical (unpaired) electrons. The molecular formula is C13H14F3N3OS. The van der Waals surface area contributed by atoms with Gasteiger partial charge in [0.25, 0.3) is 0 Å². The van der Waals surface area contributed by atoms with Crippen LogP contribution in [0.15, 0.2) is 23.6 Å². The van der Waals surface area contributed by atoms with Gasteiger partial charge in [0.05, 0.1) is 10.6 Å². The number of anilines is 1. The van der Waals surface area contributed by atoms with Gasteiger partial charge in [-0.25, -0.2) is 9.97 Å². The Bertz CT molecular complexity index is 573. The lowest BCUT2D eigenvalue weighted by Crippen LogP contribution is -2.13. The third kappa shape index (κ3) is 4.40. The molecule has 0 aliphatic carbocycles. The Morgan fingerprint density at radius 3 is 2.76 bits per heavy atom. The number of ether oxygens (including phenoxy) is 1. The van der Waals surface area contributed by atoms with E-state index in [0.717, 1.165) is 6.07 Å². The summed E-state index contributed by atoms with van der Waals surface area (Å²) in [4.78, 5) is 8.33. The van der Waals surface area contributed by atoms with Crippen LogP contribution in [0.25, 0.3) is 10.6 Å². The van der Waals surface area contributed by atoms with Gasteiger partial charge in [0, 0.05) is 20.3 Å². The molecule has 2 aromatic rings. The third-order valence-corrected chi connectivity index (χ3v) is 3.49. The highest BCUT2D eigenvalue weighted by atomic mass is 32.1. The molecule has 0 aliphatic heterocycles. The van der Waals surface area contributed by atoms with E-state index in [1.54, 1.807) is 24.6 Å². The van der Waals surface area contributed by atoms with E-state index < -0.39 is 11.9 Å². The highest BCUT2D eigenvalue weighted by Crippen LogP contribution is 2.32. The van der Waals surface area contributed by atoms with Crippen LogP contribution in [0.2, 0.25) is 0 Å². The maximum Gasteiger partial charge on any atom is 0.433 e. The lowest BCUT2D eigenvalue weighted by atomic mass is 10.3. The number of thiophene rings is 1. The fourth-order valence-electron chi connectivity index (χ4n) is 1.64. The number of hydrogen-bond donors (Lipinski definition) is 1. The summed E-state index contributed by atoms with van der Waals surface area (Å²) in [5.74, 6) is -0.0238. The Morgan fingerprint density at radius 1 is 1.33 bits per heavy atom. The van der Waals surface area contributed by atoms with Crippen LogP contribution >= 0.6 is 11.3 Å². The fourth-order valence-corrected chi connectivity index (χ4v) is 2.32. The molecular weight excluding hydrogens is 303 g/mol. The number of rotatable bonds is 6. The number of nitrogens with zero attached hydrogens (tertiary/aromatic N) is 2. The van der Waals surface area contributed by atoms with Gasteiger partial charge in [-0.2, -0.15) is 13.2 Å². The molecule has 2 rings (SSSR count). The van der Waals surface area contributed by atoms with Crippen LogP contribution in [0.4, 0.5) is 19.1 Å².